The Bertz CT molecular complexity index is 765. The molecule has 2 rings (SSSR count). The predicted octanol–water partition coefficient (Wildman–Crippen LogP) is 4.60. The monoisotopic (exact) mass is 415 g/mol. The van der Waals surface area contributed by atoms with Gasteiger partial charge < -0.3 is 10.2 Å². The first kappa shape index (κ1) is 23.1. The van der Waals surface area contributed by atoms with E-state index in [0.717, 1.165) is 42.2 Å². The van der Waals surface area contributed by atoms with Crippen LogP contribution in [0, 0.1) is 6.92 Å². The Balaban J connectivity index is 1.67. The van der Waals surface area contributed by atoms with Crippen molar-refractivity contribution in [2.75, 3.05) is 19.6 Å². The Morgan fingerprint density at radius 3 is 2.41 bits per heavy atom. The number of amides is 2. The van der Waals surface area contributed by atoms with E-state index >= 15 is 0 Å². The first-order valence-electron chi connectivity index (χ1n) is 10.6. The van der Waals surface area contributed by atoms with Crippen LogP contribution >= 0.6 is 11.3 Å². The molecule has 29 heavy (non-hydrogen) atoms. The number of aryl methyl sites for hydroxylation is 1. The molecule has 6 heteroatoms. The summed E-state index contributed by atoms with van der Waals surface area (Å²) in [5.74, 6) is 0.164. The van der Waals surface area contributed by atoms with Crippen LogP contribution < -0.4 is 5.32 Å². The van der Waals surface area contributed by atoms with Crippen molar-refractivity contribution in [3.05, 3.63) is 40.9 Å². The first-order chi connectivity index (χ1) is 14.0. The molecule has 1 heterocycles. The van der Waals surface area contributed by atoms with Gasteiger partial charge in [-0.25, -0.2) is 4.98 Å². The maximum Gasteiger partial charge on any atom is 0.222 e. The average molecular weight is 416 g/mol. The van der Waals surface area contributed by atoms with Crippen LogP contribution in [-0.2, 0) is 16.0 Å². The molecule has 0 atom stereocenters. The van der Waals surface area contributed by atoms with Gasteiger partial charge >= 0.3 is 0 Å². The average Bonchev–Trinajstić information content (AvgIpc) is 3.17. The van der Waals surface area contributed by atoms with Gasteiger partial charge in [0.15, 0.2) is 0 Å². The van der Waals surface area contributed by atoms with Crippen LogP contribution in [-0.4, -0.2) is 41.3 Å². The Hall–Kier alpha value is -2.21. The van der Waals surface area contributed by atoms with Gasteiger partial charge in [-0.1, -0.05) is 43.7 Å². The number of nitrogens with one attached hydrogen (secondary N) is 1. The van der Waals surface area contributed by atoms with Crippen molar-refractivity contribution in [2.24, 2.45) is 0 Å². The van der Waals surface area contributed by atoms with Crippen molar-refractivity contribution in [1.82, 2.24) is 15.2 Å². The van der Waals surface area contributed by atoms with E-state index in [4.69, 9.17) is 0 Å². The number of thiazole rings is 1. The van der Waals surface area contributed by atoms with Crippen molar-refractivity contribution in [3.8, 4) is 10.6 Å². The fraction of sp³-hybridized carbons (Fsp3) is 0.522. The summed E-state index contributed by atoms with van der Waals surface area (Å²) in [5.41, 5.74) is 3.36. The third kappa shape index (κ3) is 7.97. The van der Waals surface area contributed by atoms with Gasteiger partial charge in [0.05, 0.1) is 5.69 Å². The summed E-state index contributed by atoms with van der Waals surface area (Å²) in [6.07, 6.45) is 4.09. The molecule has 158 valence electrons. The molecule has 0 radical (unpaired) electrons. The van der Waals surface area contributed by atoms with Crippen molar-refractivity contribution in [2.45, 2.75) is 59.3 Å². The number of carbonyl (C=O) groups excluding carboxylic acids is 2. The minimum atomic E-state index is 0.00400. The second-order valence-corrected chi connectivity index (χ2v) is 8.20. The second kappa shape index (κ2) is 12.4. The standard InChI is InChI=1S/C23H33N3O2S/c1-4-15-26(16-5-2)22(28)8-6-7-21(27)24-14-13-20-17-29-23(25-20)19-11-9-18(3)10-12-19/h9-12,17H,4-8,13-16H2,1-3H3,(H,24,27). The SMILES string of the molecule is CCCN(CCC)C(=O)CCCC(=O)NCCc1csc(-c2ccc(C)cc2)n1. The van der Waals surface area contributed by atoms with Crippen LogP contribution in [0.1, 0.15) is 57.2 Å². The summed E-state index contributed by atoms with van der Waals surface area (Å²) in [5, 5.41) is 6.00. The molecule has 1 N–H and O–H groups in total. The third-order valence-electron chi connectivity index (χ3n) is 4.69. The third-order valence-corrected chi connectivity index (χ3v) is 5.63. The molecule has 1 aromatic carbocycles. The van der Waals surface area contributed by atoms with E-state index in [2.05, 4.69) is 60.7 Å². The van der Waals surface area contributed by atoms with Gasteiger partial charge in [-0.2, -0.15) is 0 Å². The van der Waals surface area contributed by atoms with Gasteiger partial charge in [0.2, 0.25) is 11.8 Å². The van der Waals surface area contributed by atoms with Crippen LogP contribution in [0.25, 0.3) is 10.6 Å². The maximum absolute atomic E-state index is 12.2. The summed E-state index contributed by atoms with van der Waals surface area (Å²) in [6.45, 7) is 8.41. The van der Waals surface area contributed by atoms with Crippen molar-refractivity contribution >= 4 is 23.2 Å². The number of rotatable bonds is 12. The van der Waals surface area contributed by atoms with E-state index in [0.29, 0.717) is 32.2 Å². The number of nitrogens with zero attached hydrogens (tertiary/aromatic N) is 2. The normalized spacial score (nSPS) is 10.7. The zero-order valence-electron chi connectivity index (χ0n) is 17.9. The molecule has 0 bridgehead atoms. The van der Waals surface area contributed by atoms with Crippen LogP contribution in [0.5, 0.6) is 0 Å². The van der Waals surface area contributed by atoms with Crippen molar-refractivity contribution in [3.63, 3.8) is 0 Å². The Morgan fingerprint density at radius 1 is 1.07 bits per heavy atom. The van der Waals surface area contributed by atoms with Gasteiger partial charge in [-0.3, -0.25) is 9.59 Å². The highest BCUT2D eigenvalue weighted by Crippen LogP contribution is 2.24. The lowest BCUT2D eigenvalue weighted by molar-refractivity contribution is -0.131. The predicted molar refractivity (Wildman–Crippen MR) is 120 cm³/mol. The fourth-order valence-electron chi connectivity index (χ4n) is 3.13. The minimum absolute atomic E-state index is 0.00400. The lowest BCUT2D eigenvalue weighted by Crippen LogP contribution is -2.32. The van der Waals surface area contributed by atoms with Gasteiger partial charge in [-0.15, -0.1) is 11.3 Å². The molecule has 0 aliphatic rings. The number of carbonyl (C=O) groups is 2. The largest absolute Gasteiger partial charge is 0.356 e. The van der Waals surface area contributed by atoms with Crippen molar-refractivity contribution < 1.29 is 9.59 Å². The van der Waals surface area contributed by atoms with E-state index in [9.17, 15) is 9.59 Å². The van der Waals surface area contributed by atoms with Crippen LogP contribution in [0.4, 0.5) is 0 Å². The molecule has 0 aliphatic heterocycles. The van der Waals surface area contributed by atoms with Gasteiger partial charge in [0.25, 0.3) is 0 Å². The Kier molecular flexibility index (Phi) is 9.84. The molecular weight excluding hydrogens is 382 g/mol. The molecule has 0 saturated heterocycles. The Labute approximate surface area is 178 Å². The molecule has 1 aromatic heterocycles. The van der Waals surface area contributed by atoms with Crippen LogP contribution in [0.2, 0.25) is 0 Å². The van der Waals surface area contributed by atoms with E-state index in [1.165, 1.54) is 5.56 Å². The van der Waals surface area contributed by atoms with Crippen molar-refractivity contribution in [1.29, 1.82) is 0 Å². The zero-order chi connectivity index (χ0) is 21.1. The van der Waals surface area contributed by atoms with E-state index < -0.39 is 0 Å². The second-order valence-electron chi connectivity index (χ2n) is 7.34. The number of aromatic nitrogens is 1. The quantitative estimate of drug-likeness (QED) is 0.551. The van der Waals surface area contributed by atoms with Gasteiger partial charge in [0.1, 0.15) is 5.01 Å². The smallest absolute Gasteiger partial charge is 0.222 e. The molecule has 0 saturated carbocycles. The zero-order valence-corrected chi connectivity index (χ0v) is 18.7. The highest BCUT2D eigenvalue weighted by molar-refractivity contribution is 7.13. The van der Waals surface area contributed by atoms with E-state index in [1.54, 1.807) is 11.3 Å². The molecule has 0 spiro atoms. The summed E-state index contributed by atoms with van der Waals surface area (Å²) in [7, 11) is 0. The summed E-state index contributed by atoms with van der Waals surface area (Å²) < 4.78 is 0. The maximum atomic E-state index is 12.2. The molecular formula is C23H33N3O2S. The molecule has 5 nitrogen and oxygen atoms in total. The van der Waals surface area contributed by atoms with Gasteiger partial charge in [0, 0.05) is 49.8 Å². The number of hydrogen-bond donors (Lipinski definition) is 1. The van der Waals surface area contributed by atoms with E-state index in [1.807, 2.05) is 4.90 Å². The molecule has 2 amide bonds. The first-order valence-corrected chi connectivity index (χ1v) is 11.5. The van der Waals surface area contributed by atoms with Gasteiger partial charge in [-0.05, 0) is 26.2 Å². The summed E-state index contributed by atoms with van der Waals surface area (Å²) in [4.78, 5) is 30.8. The number of hydrogen-bond acceptors (Lipinski definition) is 4. The van der Waals surface area contributed by atoms with Crippen LogP contribution in [0.3, 0.4) is 0 Å². The summed E-state index contributed by atoms with van der Waals surface area (Å²) in [6, 6.07) is 8.35. The van der Waals surface area contributed by atoms with Crippen LogP contribution in [0.15, 0.2) is 29.6 Å². The lowest BCUT2D eigenvalue weighted by atomic mass is 10.2. The molecule has 2 aromatic rings. The molecule has 0 fully saturated rings. The Morgan fingerprint density at radius 2 is 1.76 bits per heavy atom. The lowest BCUT2D eigenvalue weighted by Gasteiger charge is -2.21. The molecule has 0 aliphatic carbocycles. The van der Waals surface area contributed by atoms with E-state index in [-0.39, 0.29) is 11.8 Å². The minimum Gasteiger partial charge on any atom is -0.356 e. The summed E-state index contributed by atoms with van der Waals surface area (Å²) >= 11 is 1.63. The number of benzene rings is 1. The highest BCUT2D eigenvalue weighted by Gasteiger charge is 2.12. The highest BCUT2D eigenvalue weighted by atomic mass is 32.1. The fourth-order valence-corrected chi connectivity index (χ4v) is 3.99. The topological polar surface area (TPSA) is 62.3 Å². The molecule has 0 unspecified atom stereocenters.